The minimum Gasteiger partial charge on any atom is -0.465 e. The highest BCUT2D eigenvalue weighted by Crippen LogP contribution is 2.45. The molecule has 1 fully saturated rings. The highest BCUT2D eigenvalue weighted by atomic mass is 32.1. The number of carbonyl (C=O) groups is 1. The van der Waals surface area contributed by atoms with Gasteiger partial charge in [-0.1, -0.05) is 0 Å². The van der Waals surface area contributed by atoms with Crippen LogP contribution in [0.25, 0.3) is 21.3 Å². The van der Waals surface area contributed by atoms with Crippen molar-refractivity contribution in [2.75, 3.05) is 25.1 Å². The molecule has 10 heteroatoms. The number of thiophene rings is 1. The minimum atomic E-state index is -1.48. The van der Waals surface area contributed by atoms with Gasteiger partial charge < -0.3 is 9.64 Å². The summed E-state index contributed by atoms with van der Waals surface area (Å²) in [5.41, 5.74) is -0.754. The van der Waals surface area contributed by atoms with E-state index in [1.165, 1.54) is 4.90 Å². The molecule has 3 aromatic rings. The summed E-state index contributed by atoms with van der Waals surface area (Å²) in [6, 6.07) is 1.00. The number of pyridine rings is 1. The molecule has 28 heavy (non-hydrogen) atoms. The summed E-state index contributed by atoms with van der Waals surface area (Å²) in [5.74, 6) is -5.79. The van der Waals surface area contributed by atoms with E-state index in [9.17, 15) is 26.7 Å². The Labute approximate surface area is 159 Å². The number of alkyl halides is 1. The average molecular weight is 414 g/mol. The van der Waals surface area contributed by atoms with E-state index in [1.807, 2.05) is 0 Å². The van der Waals surface area contributed by atoms with Crippen molar-refractivity contribution in [2.45, 2.75) is 6.17 Å². The number of ether oxygens (including phenoxy) is 1. The van der Waals surface area contributed by atoms with Crippen molar-refractivity contribution in [1.82, 2.24) is 4.98 Å². The van der Waals surface area contributed by atoms with Gasteiger partial charge >= 0.3 is 5.97 Å². The van der Waals surface area contributed by atoms with Crippen molar-refractivity contribution >= 4 is 33.2 Å². The lowest BCUT2D eigenvalue weighted by molar-refractivity contribution is 0.0606. The first-order valence-electron chi connectivity index (χ1n) is 8.05. The quantitative estimate of drug-likeness (QED) is 0.361. The summed E-state index contributed by atoms with van der Waals surface area (Å²) < 4.78 is 74.3. The van der Waals surface area contributed by atoms with Gasteiger partial charge in [0, 0.05) is 17.2 Å². The van der Waals surface area contributed by atoms with Gasteiger partial charge in [0.2, 0.25) is 0 Å². The maximum atomic E-state index is 14.6. The topological polar surface area (TPSA) is 42.4 Å². The van der Waals surface area contributed by atoms with E-state index in [0.717, 1.165) is 24.6 Å². The van der Waals surface area contributed by atoms with Crippen molar-refractivity contribution in [3.05, 3.63) is 46.5 Å². The molecule has 1 aliphatic heterocycles. The second-order valence-corrected chi connectivity index (χ2v) is 7.20. The smallest absolute Gasteiger partial charge is 0.350 e. The van der Waals surface area contributed by atoms with Crippen LogP contribution >= 0.6 is 11.3 Å². The first-order chi connectivity index (χ1) is 13.3. The molecule has 146 valence electrons. The molecule has 1 aromatic carbocycles. The fourth-order valence-corrected chi connectivity index (χ4v) is 4.37. The molecule has 0 spiro atoms. The summed E-state index contributed by atoms with van der Waals surface area (Å²) in [7, 11) is 1.14. The molecule has 4 nitrogen and oxygen atoms in total. The molecule has 1 aliphatic rings. The number of methoxy groups -OCH3 is 1. The van der Waals surface area contributed by atoms with Gasteiger partial charge in [-0.2, -0.15) is 0 Å². The van der Waals surface area contributed by atoms with Crippen molar-refractivity contribution in [1.29, 1.82) is 0 Å². The molecule has 0 amide bonds. The van der Waals surface area contributed by atoms with Crippen LogP contribution in [0.3, 0.4) is 0 Å². The number of anilines is 1. The number of hydrogen-bond acceptors (Lipinski definition) is 5. The van der Waals surface area contributed by atoms with Gasteiger partial charge in [0.1, 0.15) is 22.4 Å². The number of carbonyl (C=O) groups excluding carboxylic acids is 1. The summed E-state index contributed by atoms with van der Waals surface area (Å²) in [4.78, 5) is 17.7. The average Bonchev–Trinajstić information content (AvgIpc) is 3.00. The van der Waals surface area contributed by atoms with Crippen LogP contribution in [0.1, 0.15) is 9.67 Å². The van der Waals surface area contributed by atoms with Crippen molar-refractivity contribution in [2.24, 2.45) is 0 Å². The lowest BCUT2D eigenvalue weighted by Gasteiger charge is -2.36. The molecular weight excluding hydrogens is 403 g/mol. The van der Waals surface area contributed by atoms with Crippen molar-refractivity contribution in [3.8, 4) is 11.1 Å². The summed E-state index contributed by atoms with van der Waals surface area (Å²) in [6.45, 7) is -0.0135. The molecule has 4 rings (SSSR count). The molecule has 0 bridgehead atoms. The predicted molar refractivity (Wildman–Crippen MR) is 93.3 cm³/mol. The zero-order valence-electron chi connectivity index (χ0n) is 14.2. The number of nitrogens with zero attached hydrogens (tertiary/aromatic N) is 2. The maximum Gasteiger partial charge on any atom is 0.350 e. The number of benzene rings is 1. The number of rotatable bonds is 3. The summed E-state index contributed by atoms with van der Waals surface area (Å²) in [6.07, 6.45) is -0.334. The fourth-order valence-electron chi connectivity index (χ4n) is 3.12. The Morgan fingerprint density at radius 3 is 2.57 bits per heavy atom. The van der Waals surface area contributed by atoms with Crippen LogP contribution in [0.2, 0.25) is 0 Å². The minimum absolute atomic E-state index is 0.00149. The van der Waals surface area contributed by atoms with E-state index in [-0.39, 0.29) is 33.9 Å². The van der Waals surface area contributed by atoms with Crippen LogP contribution in [0.5, 0.6) is 0 Å². The number of halogens is 5. The molecule has 0 saturated carbocycles. The third-order valence-corrected chi connectivity index (χ3v) is 5.58. The number of esters is 1. The van der Waals surface area contributed by atoms with Crippen LogP contribution in [0, 0.1) is 23.3 Å². The predicted octanol–water partition coefficient (Wildman–Crippen LogP) is 4.46. The molecule has 3 heterocycles. The molecule has 0 N–H and O–H groups in total. The van der Waals surface area contributed by atoms with Gasteiger partial charge in [-0.3, -0.25) is 4.98 Å². The third-order valence-electron chi connectivity index (χ3n) is 4.42. The first kappa shape index (κ1) is 18.6. The lowest BCUT2D eigenvalue weighted by Crippen LogP contribution is -2.48. The van der Waals surface area contributed by atoms with Gasteiger partial charge in [-0.05, 0) is 6.07 Å². The Balaban J connectivity index is 2.04. The summed E-state index contributed by atoms with van der Waals surface area (Å²) >= 11 is 0.739. The Morgan fingerprint density at radius 1 is 1.21 bits per heavy atom. The second-order valence-electron chi connectivity index (χ2n) is 6.18. The first-order valence-corrected chi connectivity index (χ1v) is 8.86. The molecule has 0 aliphatic carbocycles. The largest absolute Gasteiger partial charge is 0.465 e. The van der Waals surface area contributed by atoms with Crippen molar-refractivity contribution in [3.63, 3.8) is 0 Å². The van der Waals surface area contributed by atoms with Crippen LogP contribution in [-0.2, 0) is 4.74 Å². The van der Waals surface area contributed by atoms with E-state index in [4.69, 9.17) is 4.74 Å². The van der Waals surface area contributed by atoms with Crippen molar-refractivity contribution < 1.29 is 31.5 Å². The SMILES string of the molecule is COC(=O)c1sc2c(-c3cc(F)cc(F)c3F)c(F)cnc2c1N1CC(F)C1. The maximum absolute atomic E-state index is 14.6. The lowest BCUT2D eigenvalue weighted by atomic mass is 10.0. The zero-order valence-corrected chi connectivity index (χ0v) is 15.0. The molecule has 2 aromatic heterocycles. The van der Waals surface area contributed by atoms with Crippen LogP contribution in [0.15, 0.2) is 18.3 Å². The Morgan fingerprint density at radius 2 is 1.93 bits per heavy atom. The monoisotopic (exact) mass is 414 g/mol. The van der Waals surface area contributed by atoms with Gasteiger partial charge in [0.25, 0.3) is 0 Å². The third kappa shape index (κ3) is 2.79. The van der Waals surface area contributed by atoms with E-state index < -0.39 is 46.5 Å². The zero-order chi connectivity index (χ0) is 20.2. The van der Waals surface area contributed by atoms with E-state index in [0.29, 0.717) is 12.1 Å². The Hall–Kier alpha value is -2.75. The fraction of sp³-hybridized carbons (Fsp3) is 0.222. The van der Waals surface area contributed by atoms with Gasteiger partial charge in [0.05, 0.1) is 36.8 Å². The Kier molecular flexibility index (Phi) is 4.45. The number of hydrogen-bond donors (Lipinski definition) is 0. The number of fused-ring (bicyclic) bond motifs is 1. The molecule has 0 atom stereocenters. The van der Waals surface area contributed by atoms with Crippen LogP contribution in [0.4, 0.5) is 27.6 Å². The molecule has 0 unspecified atom stereocenters. The van der Waals surface area contributed by atoms with Gasteiger partial charge in [-0.15, -0.1) is 11.3 Å². The van der Waals surface area contributed by atoms with E-state index in [2.05, 4.69) is 4.98 Å². The van der Waals surface area contributed by atoms with E-state index in [1.54, 1.807) is 0 Å². The highest BCUT2D eigenvalue weighted by Gasteiger charge is 2.35. The molecular formula is C18H11F5N2O2S. The highest BCUT2D eigenvalue weighted by molar-refractivity contribution is 7.22. The summed E-state index contributed by atoms with van der Waals surface area (Å²) in [5, 5.41) is 0. The molecule has 0 radical (unpaired) electrons. The molecule has 1 saturated heterocycles. The second kappa shape index (κ2) is 6.69. The number of aromatic nitrogens is 1. The Bertz CT molecular complexity index is 1110. The van der Waals surface area contributed by atoms with Gasteiger partial charge in [0.15, 0.2) is 17.5 Å². The normalized spacial score (nSPS) is 14.4. The van der Waals surface area contributed by atoms with Gasteiger partial charge in [-0.25, -0.2) is 26.7 Å². The van der Waals surface area contributed by atoms with E-state index >= 15 is 0 Å². The standard InChI is InChI=1S/C18H11F5N2O2S/c1-27-18(26)17-15(25-5-8(20)6-25)14-16(28-17)12(11(22)4-24-14)9-2-7(19)3-10(21)13(9)23/h2-4,8H,5-6H2,1H3. The van der Waals surface area contributed by atoms with Crippen LogP contribution < -0.4 is 4.90 Å². The van der Waals surface area contributed by atoms with Crippen LogP contribution in [-0.4, -0.2) is 37.3 Å².